The van der Waals surface area contributed by atoms with Crippen LogP contribution in [-0.2, 0) is 48.0 Å². The number of pyridine rings is 1. The van der Waals surface area contributed by atoms with Gasteiger partial charge in [-0.2, -0.15) is 0 Å². The Bertz CT molecular complexity index is 2830. The molecule has 0 saturated carbocycles. The summed E-state index contributed by atoms with van der Waals surface area (Å²) in [4.78, 5) is 95.9. The molecule has 11 N–H and O–H groups in total. The Morgan fingerprint density at radius 3 is 2.11 bits per heavy atom. The first-order valence-electron chi connectivity index (χ1n) is 28.6. The molecule has 8 atom stereocenters. The predicted octanol–water partition coefficient (Wildman–Crippen LogP) is 5.32. The van der Waals surface area contributed by atoms with Crippen molar-refractivity contribution in [3.63, 3.8) is 0 Å². The minimum absolute atomic E-state index is 0.0228. The molecule has 0 spiro atoms. The number of aromatic amines is 1. The number of fused-ring (bicyclic) bond motifs is 1. The van der Waals surface area contributed by atoms with Crippen molar-refractivity contribution in [2.45, 2.75) is 158 Å². The Balaban J connectivity index is 1.46. The summed E-state index contributed by atoms with van der Waals surface area (Å²) in [7, 11) is 6.27. The van der Waals surface area contributed by atoms with E-state index < -0.39 is 84.1 Å². The lowest BCUT2D eigenvalue weighted by molar-refractivity contribution is -0.142. The smallest absolute Gasteiger partial charge is 0.407 e. The summed E-state index contributed by atoms with van der Waals surface area (Å²) in [6.45, 7) is 9.66. The fourth-order valence-corrected chi connectivity index (χ4v) is 11.1. The number of carbonyl (C=O) groups is 6. The van der Waals surface area contributed by atoms with Crippen molar-refractivity contribution >= 4 is 68.1 Å². The van der Waals surface area contributed by atoms with Crippen molar-refractivity contribution in [3.05, 3.63) is 126 Å². The third-order valence-corrected chi connectivity index (χ3v) is 16.1. The van der Waals surface area contributed by atoms with Crippen LogP contribution in [-0.4, -0.2) is 170 Å². The van der Waals surface area contributed by atoms with E-state index in [2.05, 4.69) is 41.9 Å². The molecule has 1 unspecified atom stereocenters. The number of phenolic OH excluding ortho intramolecular Hbond substituents is 1. The van der Waals surface area contributed by atoms with Gasteiger partial charge in [-0.25, -0.2) is 9.78 Å². The van der Waals surface area contributed by atoms with Crippen LogP contribution in [0.2, 0.25) is 0 Å². The van der Waals surface area contributed by atoms with E-state index in [0.29, 0.717) is 49.2 Å². The number of rotatable bonds is 35. The molecule has 0 aliphatic carbocycles. The highest BCUT2D eigenvalue weighted by Gasteiger charge is 2.36. The van der Waals surface area contributed by atoms with Gasteiger partial charge >= 0.3 is 6.09 Å². The number of aromatic nitrogens is 2. The van der Waals surface area contributed by atoms with Gasteiger partial charge in [0.1, 0.15) is 34.7 Å². The molecule has 0 radical (unpaired) electrons. The lowest BCUT2D eigenvalue weighted by Gasteiger charge is -2.34. The fraction of sp³-hybridized carbons (Fsp3) is 0.492. The number of phenols is 1. The van der Waals surface area contributed by atoms with Gasteiger partial charge in [-0.15, -0.1) is 0 Å². The molecule has 458 valence electrons. The van der Waals surface area contributed by atoms with Crippen molar-refractivity contribution in [3.8, 4) is 5.75 Å². The molecule has 2 heterocycles. The summed E-state index contributed by atoms with van der Waals surface area (Å²) in [6, 6.07) is 22.8. The Labute approximate surface area is 501 Å². The Hall–Kier alpha value is -6.73. The maximum atomic E-state index is 15.2. The van der Waals surface area contributed by atoms with Gasteiger partial charge in [0.2, 0.25) is 29.5 Å². The number of para-hydroxylation sites is 1. The van der Waals surface area contributed by atoms with Crippen LogP contribution in [0.5, 0.6) is 5.75 Å². The van der Waals surface area contributed by atoms with Crippen molar-refractivity contribution in [1.82, 2.24) is 51.7 Å². The van der Waals surface area contributed by atoms with E-state index in [1.165, 1.54) is 41.8 Å². The van der Waals surface area contributed by atoms with E-state index in [1.807, 2.05) is 79.7 Å². The molecular formula is C61H86N10O11S2. The number of hydrogen-bond donors (Lipinski definition) is 11. The number of aromatic hydroxyl groups is 1. The summed E-state index contributed by atoms with van der Waals surface area (Å²) in [5.74, 6) is -2.26. The Morgan fingerprint density at radius 2 is 1.43 bits per heavy atom. The first-order chi connectivity index (χ1) is 40.2. The molecular weight excluding hydrogens is 1110 g/mol. The van der Waals surface area contributed by atoms with E-state index in [1.54, 1.807) is 68.0 Å². The molecule has 0 aliphatic rings. The first-order valence-corrected chi connectivity index (χ1v) is 30.9. The van der Waals surface area contributed by atoms with Gasteiger partial charge < -0.3 is 66.5 Å². The summed E-state index contributed by atoms with van der Waals surface area (Å²) in [6.07, 6.45) is 0.387. The zero-order valence-corrected chi connectivity index (χ0v) is 50.8. The van der Waals surface area contributed by atoms with Crippen molar-refractivity contribution in [1.29, 1.82) is 0 Å². The Kier molecular flexibility index (Phi) is 28.3. The molecule has 5 rings (SSSR count). The standard InChI is InChI=1S/C61H86N10O11S2/c1-8-9-33-71(34-35-83-84-52-24-16-18-31-63-52)53(74)30-29-51(70(7)59(80)50(62-6)37-41-19-11-10-12-20-41)58(79)68-48(36-42-25-27-44(73)28-26-42)56(77)67-49(38-43-39-65-46-22-14-13-21-45(43)46)57(78)66-47(55(76)69-54(75)40(2)72)23-15-17-32-64-60(81)82-61(3,4)5/h10-14,16,18-22,24-28,31,39-40,47-51,54,56,62,65,67,72-73,75,77H,8-9,15,17,23,29-30,32-38H2,1-7H3,(H,64,81)(H,66,78)(H,68,79)(H,69,76)/t40-,47+,48+,49-,50+,51+,54-,56?/m1/s1. The van der Waals surface area contributed by atoms with Crippen LogP contribution in [0, 0.1) is 0 Å². The van der Waals surface area contributed by atoms with Crippen molar-refractivity contribution < 1.29 is 53.9 Å². The number of carbonyl (C=O) groups excluding carboxylic acids is 6. The van der Waals surface area contributed by atoms with Gasteiger partial charge in [0, 0.05) is 62.2 Å². The second-order valence-corrected chi connectivity index (χ2v) is 24.2. The Morgan fingerprint density at radius 1 is 0.738 bits per heavy atom. The van der Waals surface area contributed by atoms with Crippen molar-refractivity contribution in [2.24, 2.45) is 0 Å². The summed E-state index contributed by atoms with van der Waals surface area (Å²) >= 11 is 0. The summed E-state index contributed by atoms with van der Waals surface area (Å²) < 4.78 is 5.33. The third-order valence-electron chi connectivity index (χ3n) is 13.9. The molecule has 2 aromatic heterocycles. The van der Waals surface area contributed by atoms with E-state index in [-0.39, 0.29) is 50.3 Å². The zero-order chi connectivity index (χ0) is 61.2. The van der Waals surface area contributed by atoms with Crippen LogP contribution in [0.4, 0.5) is 4.79 Å². The normalized spacial score (nSPS) is 14.4. The van der Waals surface area contributed by atoms with Crippen molar-refractivity contribution in [2.75, 3.05) is 39.5 Å². The van der Waals surface area contributed by atoms with Crippen LogP contribution in [0.15, 0.2) is 114 Å². The summed E-state index contributed by atoms with van der Waals surface area (Å²) in [5.41, 5.74) is 2.18. The highest BCUT2D eigenvalue weighted by atomic mass is 33.1. The number of nitrogens with zero attached hydrogens (tertiary/aromatic N) is 3. The summed E-state index contributed by atoms with van der Waals surface area (Å²) in [5, 5.41) is 62.0. The number of nitrogens with one attached hydrogen (secondary N) is 7. The SMILES string of the molecule is CCCCN(CCSSc1ccccn1)C(=O)CC[C@@H](C(=O)N[C@@H](Cc1ccc(O)cc1)C(O)N[C@H](Cc1c[nH]c2ccccc12)C(=O)N[C@@H](CCCCNC(=O)OC(C)(C)C)C(=O)N[C@H](O)[C@@H](C)O)N(C)C(=O)[C@H](Cc1ccccc1)NC. The zero-order valence-electron chi connectivity index (χ0n) is 49.2. The molecule has 6 amide bonds. The predicted molar refractivity (Wildman–Crippen MR) is 327 cm³/mol. The number of H-pyrrole nitrogens is 1. The van der Waals surface area contributed by atoms with E-state index in [0.717, 1.165) is 34.3 Å². The number of hydrogen-bond acceptors (Lipinski definition) is 16. The average Bonchev–Trinajstić information content (AvgIpc) is 3.90. The van der Waals surface area contributed by atoms with Gasteiger partial charge in [-0.3, -0.25) is 29.3 Å². The van der Waals surface area contributed by atoms with Crippen LogP contribution in [0.1, 0.15) is 96.3 Å². The second kappa shape index (κ2) is 34.9. The molecule has 5 aromatic rings. The number of alkyl carbamates (subject to hydrolysis) is 1. The number of unbranched alkanes of at least 4 members (excludes halogenated alkanes) is 2. The number of ether oxygens (including phenoxy) is 1. The monoisotopic (exact) mass is 1200 g/mol. The molecule has 0 fully saturated rings. The number of amides is 6. The fourth-order valence-electron chi connectivity index (χ4n) is 9.20. The maximum Gasteiger partial charge on any atom is 0.407 e. The molecule has 0 bridgehead atoms. The van der Waals surface area contributed by atoms with Gasteiger partial charge in [-0.1, -0.05) is 90.9 Å². The molecule has 84 heavy (non-hydrogen) atoms. The number of aliphatic hydroxyl groups is 3. The minimum Gasteiger partial charge on any atom is -0.508 e. The molecule has 0 aliphatic heterocycles. The highest BCUT2D eigenvalue weighted by Crippen LogP contribution is 2.29. The highest BCUT2D eigenvalue weighted by molar-refractivity contribution is 8.76. The van der Waals surface area contributed by atoms with Gasteiger partial charge in [-0.05, 0) is 144 Å². The van der Waals surface area contributed by atoms with Gasteiger partial charge in [0.05, 0.1) is 24.2 Å². The van der Waals surface area contributed by atoms with Crippen LogP contribution < -0.4 is 31.9 Å². The maximum absolute atomic E-state index is 15.2. The number of aliphatic hydroxyl groups excluding tert-OH is 3. The van der Waals surface area contributed by atoms with E-state index in [4.69, 9.17) is 4.74 Å². The largest absolute Gasteiger partial charge is 0.508 e. The number of benzene rings is 3. The number of likely N-dealkylation sites (N-methyl/N-ethyl adjacent to an activating group) is 2. The lowest BCUT2D eigenvalue weighted by atomic mass is 9.99. The van der Waals surface area contributed by atoms with Gasteiger partial charge in [0.15, 0.2) is 6.23 Å². The van der Waals surface area contributed by atoms with E-state index in [9.17, 15) is 44.4 Å². The van der Waals surface area contributed by atoms with E-state index >= 15 is 4.79 Å². The minimum atomic E-state index is -1.72. The lowest BCUT2D eigenvalue weighted by Crippen LogP contribution is -2.61. The molecule has 23 heteroatoms. The third kappa shape index (κ3) is 23.0. The second-order valence-electron chi connectivity index (χ2n) is 21.7. The molecule has 0 saturated heterocycles. The van der Waals surface area contributed by atoms with Crippen LogP contribution in [0.3, 0.4) is 0 Å². The average molecular weight is 1200 g/mol. The van der Waals surface area contributed by atoms with Crippen LogP contribution in [0.25, 0.3) is 10.9 Å². The molecule has 21 nitrogen and oxygen atoms in total. The molecule has 3 aromatic carbocycles. The van der Waals surface area contributed by atoms with Crippen LogP contribution >= 0.6 is 21.6 Å². The topological polar surface area (TPSA) is 300 Å². The van der Waals surface area contributed by atoms with Gasteiger partial charge in [0.25, 0.3) is 0 Å². The quantitative estimate of drug-likeness (QED) is 0.0139. The first kappa shape index (κ1) is 68.1.